The van der Waals surface area contributed by atoms with Crippen LogP contribution in [0.25, 0.3) is 11.1 Å². The van der Waals surface area contributed by atoms with Crippen LogP contribution in [0.15, 0.2) is 54.2 Å². The summed E-state index contributed by atoms with van der Waals surface area (Å²) in [5.41, 5.74) is 3.82. The molecule has 0 aliphatic carbocycles. The van der Waals surface area contributed by atoms with E-state index in [0.29, 0.717) is 18.7 Å². The monoisotopic (exact) mass is 336 g/mol. The molecular weight excluding hydrogens is 320 g/mol. The quantitative estimate of drug-likeness (QED) is 0.791. The minimum absolute atomic E-state index is 0.0709. The number of nitrogens with zero attached hydrogens (tertiary/aromatic N) is 1. The van der Waals surface area contributed by atoms with Gasteiger partial charge in [-0.3, -0.25) is 9.78 Å². The molecule has 3 heterocycles. The number of nitrogens with one attached hydrogen (secondary N) is 1. The molecule has 0 atom stereocenters. The second kappa shape index (κ2) is 6.45. The SMILES string of the molecule is O=C(NCCc1cccs1)c1ccc2c(c1)OCc1cnccc1-2. The molecule has 4 nitrogen and oxygen atoms in total. The summed E-state index contributed by atoms with van der Waals surface area (Å²) in [5, 5.41) is 5.01. The number of fused-ring (bicyclic) bond motifs is 3. The van der Waals surface area contributed by atoms with Crippen LogP contribution < -0.4 is 10.1 Å². The van der Waals surface area contributed by atoms with Crippen LogP contribution in [0.1, 0.15) is 20.8 Å². The van der Waals surface area contributed by atoms with E-state index in [1.807, 2.05) is 41.9 Å². The predicted octanol–water partition coefficient (Wildman–Crippen LogP) is 3.68. The maximum Gasteiger partial charge on any atom is 0.251 e. The molecule has 1 N–H and O–H groups in total. The predicted molar refractivity (Wildman–Crippen MR) is 94.4 cm³/mol. The molecule has 3 aromatic rings. The number of benzene rings is 1. The first kappa shape index (κ1) is 14.9. The third-order valence-electron chi connectivity index (χ3n) is 4.06. The Balaban J connectivity index is 1.48. The van der Waals surface area contributed by atoms with Gasteiger partial charge in [-0.25, -0.2) is 0 Å². The summed E-state index contributed by atoms with van der Waals surface area (Å²) >= 11 is 1.71. The number of hydrogen-bond acceptors (Lipinski definition) is 4. The second-order valence-electron chi connectivity index (χ2n) is 5.62. The fraction of sp³-hybridized carbons (Fsp3) is 0.158. The van der Waals surface area contributed by atoms with Crippen LogP contribution in [0, 0.1) is 0 Å². The highest BCUT2D eigenvalue weighted by Gasteiger charge is 2.18. The van der Waals surface area contributed by atoms with Crippen molar-refractivity contribution in [2.75, 3.05) is 6.54 Å². The molecule has 4 rings (SSSR count). The average Bonchev–Trinajstić information content (AvgIpc) is 3.14. The third kappa shape index (κ3) is 2.90. The molecule has 0 bridgehead atoms. The second-order valence-corrected chi connectivity index (χ2v) is 6.65. The van der Waals surface area contributed by atoms with Crippen molar-refractivity contribution >= 4 is 17.2 Å². The van der Waals surface area contributed by atoms with E-state index in [9.17, 15) is 4.79 Å². The number of carbonyl (C=O) groups excluding carboxylic acids is 1. The Morgan fingerprint density at radius 2 is 2.21 bits per heavy atom. The van der Waals surface area contributed by atoms with E-state index in [1.165, 1.54) is 4.88 Å². The van der Waals surface area contributed by atoms with Crippen LogP contribution in [-0.4, -0.2) is 17.4 Å². The van der Waals surface area contributed by atoms with Gasteiger partial charge in [0.15, 0.2) is 0 Å². The van der Waals surface area contributed by atoms with Gasteiger partial charge in [0, 0.05) is 40.5 Å². The van der Waals surface area contributed by atoms with Gasteiger partial charge in [-0.15, -0.1) is 11.3 Å². The zero-order valence-corrected chi connectivity index (χ0v) is 13.8. The number of carbonyl (C=O) groups is 1. The Kier molecular flexibility index (Phi) is 4.01. The van der Waals surface area contributed by atoms with Crippen molar-refractivity contribution in [1.82, 2.24) is 10.3 Å². The van der Waals surface area contributed by atoms with Crippen molar-refractivity contribution in [1.29, 1.82) is 0 Å². The van der Waals surface area contributed by atoms with Crippen LogP contribution in [0.2, 0.25) is 0 Å². The molecule has 2 aromatic heterocycles. The largest absolute Gasteiger partial charge is 0.488 e. The van der Waals surface area contributed by atoms with Crippen LogP contribution in [0.5, 0.6) is 5.75 Å². The molecule has 0 saturated carbocycles. The minimum atomic E-state index is -0.0709. The highest BCUT2D eigenvalue weighted by atomic mass is 32.1. The van der Waals surface area contributed by atoms with E-state index in [4.69, 9.17) is 4.74 Å². The molecular formula is C19H16N2O2S. The number of aromatic nitrogens is 1. The number of hydrogen-bond donors (Lipinski definition) is 1. The smallest absolute Gasteiger partial charge is 0.251 e. The lowest BCUT2D eigenvalue weighted by Crippen LogP contribution is -2.25. The van der Waals surface area contributed by atoms with Crippen molar-refractivity contribution in [3.8, 4) is 16.9 Å². The van der Waals surface area contributed by atoms with E-state index in [0.717, 1.165) is 28.9 Å². The summed E-state index contributed by atoms with van der Waals surface area (Å²) in [6.45, 7) is 1.12. The van der Waals surface area contributed by atoms with E-state index < -0.39 is 0 Å². The Morgan fingerprint density at radius 3 is 3.08 bits per heavy atom. The van der Waals surface area contributed by atoms with E-state index >= 15 is 0 Å². The zero-order valence-electron chi connectivity index (χ0n) is 13.0. The van der Waals surface area contributed by atoms with Gasteiger partial charge in [0.05, 0.1) is 0 Å². The molecule has 1 aliphatic rings. The average molecular weight is 336 g/mol. The first-order valence-corrected chi connectivity index (χ1v) is 8.70. The molecule has 24 heavy (non-hydrogen) atoms. The highest BCUT2D eigenvalue weighted by Crippen LogP contribution is 2.37. The fourth-order valence-electron chi connectivity index (χ4n) is 2.82. The number of amides is 1. The Morgan fingerprint density at radius 1 is 1.25 bits per heavy atom. The lowest BCUT2D eigenvalue weighted by atomic mass is 9.97. The van der Waals surface area contributed by atoms with Gasteiger partial charge in [-0.1, -0.05) is 6.07 Å². The molecule has 1 amide bonds. The maximum atomic E-state index is 12.3. The lowest BCUT2D eigenvalue weighted by molar-refractivity contribution is 0.0953. The van der Waals surface area contributed by atoms with E-state index in [-0.39, 0.29) is 5.91 Å². The molecule has 0 unspecified atom stereocenters. The number of pyridine rings is 1. The first-order chi connectivity index (χ1) is 11.8. The van der Waals surface area contributed by atoms with E-state index in [1.54, 1.807) is 17.5 Å². The van der Waals surface area contributed by atoms with Crippen LogP contribution in [0.3, 0.4) is 0 Å². The van der Waals surface area contributed by atoms with Gasteiger partial charge >= 0.3 is 0 Å². The fourth-order valence-corrected chi connectivity index (χ4v) is 3.53. The van der Waals surface area contributed by atoms with Gasteiger partial charge in [0.25, 0.3) is 5.91 Å². The standard InChI is InChI=1S/C19H16N2O2S/c22-19(21-8-5-15-2-1-9-24-15)13-3-4-17-16-6-7-20-11-14(16)12-23-18(17)10-13/h1-4,6-7,9-11H,5,8,12H2,(H,21,22). The topological polar surface area (TPSA) is 51.2 Å². The third-order valence-corrected chi connectivity index (χ3v) is 4.99. The van der Waals surface area contributed by atoms with Crippen LogP contribution in [-0.2, 0) is 13.0 Å². The first-order valence-electron chi connectivity index (χ1n) is 7.82. The molecule has 0 spiro atoms. The molecule has 1 aromatic carbocycles. The summed E-state index contributed by atoms with van der Waals surface area (Å²) in [6, 6.07) is 11.7. The van der Waals surface area contributed by atoms with Gasteiger partial charge in [-0.05, 0) is 47.7 Å². The minimum Gasteiger partial charge on any atom is -0.488 e. The number of ether oxygens (including phenoxy) is 1. The highest BCUT2D eigenvalue weighted by molar-refractivity contribution is 7.09. The summed E-state index contributed by atoms with van der Waals surface area (Å²) in [7, 11) is 0. The maximum absolute atomic E-state index is 12.3. The van der Waals surface area contributed by atoms with Crippen molar-refractivity contribution in [2.24, 2.45) is 0 Å². The van der Waals surface area contributed by atoms with Crippen LogP contribution in [0.4, 0.5) is 0 Å². The number of rotatable bonds is 4. The van der Waals surface area contributed by atoms with Gasteiger partial charge in [0.1, 0.15) is 12.4 Å². The van der Waals surface area contributed by atoms with Crippen molar-refractivity contribution < 1.29 is 9.53 Å². The van der Waals surface area contributed by atoms with E-state index in [2.05, 4.69) is 16.4 Å². The van der Waals surface area contributed by atoms with Crippen molar-refractivity contribution in [2.45, 2.75) is 13.0 Å². The summed E-state index contributed by atoms with van der Waals surface area (Å²) in [4.78, 5) is 17.7. The van der Waals surface area contributed by atoms with Gasteiger partial charge < -0.3 is 10.1 Å². The molecule has 5 heteroatoms. The normalized spacial score (nSPS) is 12.0. The Bertz CT molecular complexity index is 875. The molecule has 0 fully saturated rings. The molecule has 0 saturated heterocycles. The van der Waals surface area contributed by atoms with Crippen molar-refractivity contribution in [3.05, 3.63) is 70.2 Å². The summed E-state index contributed by atoms with van der Waals surface area (Å²) < 4.78 is 5.79. The zero-order chi connectivity index (χ0) is 16.4. The van der Waals surface area contributed by atoms with Gasteiger partial charge in [-0.2, -0.15) is 0 Å². The van der Waals surface area contributed by atoms with Crippen LogP contribution >= 0.6 is 11.3 Å². The van der Waals surface area contributed by atoms with Crippen molar-refractivity contribution in [3.63, 3.8) is 0 Å². The Labute approximate surface area is 144 Å². The molecule has 0 radical (unpaired) electrons. The van der Waals surface area contributed by atoms with Gasteiger partial charge in [0.2, 0.25) is 0 Å². The number of thiophene rings is 1. The molecule has 1 aliphatic heterocycles. The lowest BCUT2D eigenvalue weighted by Gasteiger charge is -2.20. The molecule has 120 valence electrons. The summed E-state index contributed by atoms with van der Waals surface area (Å²) in [5.74, 6) is 0.679. The summed E-state index contributed by atoms with van der Waals surface area (Å²) in [6.07, 6.45) is 4.45. The Hall–Kier alpha value is -2.66.